The van der Waals surface area contributed by atoms with Gasteiger partial charge in [-0.25, -0.2) is 0 Å². The van der Waals surface area contributed by atoms with Gasteiger partial charge in [-0.3, -0.25) is 9.59 Å². The summed E-state index contributed by atoms with van der Waals surface area (Å²) in [5.74, 6) is -1.93. The first-order valence-corrected chi connectivity index (χ1v) is 7.68. The molecule has 5 nitrogen and oxygen atoms in total. The Kier molecular flexibility index (Phi) is 5.11. The number of halogens is 2. The third-order valence-electron chi connectivity index (χ3n) is 3.64. The molecule has 0 radical (unpaired) electrons. The molecule has 2 unspecified atom stereocenters. The molecule has 7 heteroatoms. The van der Waals surface area contributed by atoms with Gasteiger partial charge in [-0.15, -0.1) is 0 Å². The van der Waals surface area contributed by atoms with E-state index >= 15 is 0 Å². The number of carbonyl (C=O) groups is 2. The largest absolute Gasteiger partial charge is 0.493 e. The first-order chi connectivity index (χ1) is 9.93. The highest BCUT2D eigenvalue weighted by atomic mass is 79.9. The minimum atomic E-state index is -0.924. The minimum Gasteiger partial charge on any atom is -0.493 e. The summed E-state index contributed by atoms with van der Waals surface area (Å²) in [4.78, 5) is 23.5. The molecule has 0 aromatic heterocycles. The number of nitrogens with one attached hydrogen (secondary N) is 1. The maximum Gasteiger partial charge on any atom is 0.307 e. The summed E-state index contributed by atoms with van der Waals surface area (Å²) in [6.45, 7) is 0. The molecule has 2 rings (SSSR count). The number of hydrogen-bond donors (Lipinski definition) is 2. The molecule has 0 bridgehead atoms. The predicted octanol–water partition coefficient (Wildman–Crippen LogP) is 3.55. The fourth-order valence-corrected chi connectivity index (χ4v) is 3.63. The topological polar surface area (TPSA) is 75.6 Å². The summed E-state index contributed by atoms with van der Waals surface area (Å²) < 4.78 is 5.85. The zero-order valence-corrected chi connectivity index (χ0v) is 13.7. The van der Waals surface area contributed by atoms with Gasteiger partial charge in [0, 0.05) is 5.02 Å². The number of aliphatic carboxylic acids is 1. The summed E-state index contributed by atoms with van der Waals surface area (Å²) in [5.41, 5.74) is 0.429. The Hall–Kier alpha value is -1.27. The summed E-state index contributed by atoms with van der Waals surface area (Å²) in [5, 5.41) is 12.3. The van der Waals surface area contributed by atoms with Crippen molar-refractivity contribution in [2.24, 2.45) is 11.8 Å². The van der Waals surface area contributed by atoms with E-state index in [0.29, 0.717) is 33.8 Å². The van der Waals surface area contributed by atoms with Gasteiger partial charge < -0.3 is 15.2 Å². The Morgan fingerprint density at radius 1 is 1.38 bits per heavy atom. The molecule has 1 fully saturated rings. The molecule has 2 N–H and O–H groups in total. The summed E-state index contributed by atoms with van der Waals surface area (Å²) in [6.07, 6.45) is 1.85. The van der Waals surface area contributed by atoms with Gasteiger partial charge in [-0.1, -0.05) is 18.0 Å². The molecule has 1 amide bonds. The van der Waals surface area contributed by atoms with Gasteiger partial charge >= 0.3 is 5.97 Å². The van der Waals surface area contributed by atoms with Gasteiger partial charge in [0.25, 0.3) is 0 Å². The predicted molar refractivity (Wildman–Crippen MR) is 82.8 cm³/mol. The lowest BCUT2D eigenvalue weighted by Crippen LogP contribution is -2.30. The van der Waals surface area contributed by atoms with E-state index in [1.165, 1.54) is 7.11 Å². The van der Waals surface area contributed by atoms with Crippen LogP contribution >= 0.6 is 27.5 Å². The van der Waals surface area contributed by atoms with E-state index in [0.717, 1.165) is 6.42 Å². The van der Waals surface area contributed by atoms with Gasteiger partial charge in [0.2, 0.25) is 5.91 Å². The monoisotopic (exact) mass is 375 g/mol. The lowest BCUT2D eigenvalue weighted by atomic mass is 9.95. The summed E-state index contributed by atoms with van der Waals surface area (Å²) >= 11 is 9.28. The van der Waals surface area contributed by atoms with Gasteiger partial charge in [0.05, 0.1) is 29.1 Å². The van der Waals surface area contributed by atoms with E-state index in [-0.39, 0.29) is 5.91 Å². The SMILES string of the molecule is COc1c(Br)cc(Cl)cc1NC(=O)C1CCCC1C(=O)O. The third-order valence-corrected chi connectivity index (χ3v) is 4.45. The fraction of sp³-hybridized carbons (Fsp3) is 0.429. The summed E-state index contributed by atoms with van der Waals surface area (Å²) in [7, 11) is 1.49. The third kappa shape index (κ3) is 3.49. The van der Waals surface area contributed by atoms with Crippen molar-refractivity contribution >= 4 is 45.1 Å². The van der Waals surface area contributed by atoms with Crippen molar-refractivity contribution in [3.8, 4) is 5.75 Å². The van der Waals surface area contributed by atoms with Gasteiger partial charge in [-0.2, -0.15) is 0 Å². The van der Waals surface area contributed by atoms with Crippen molar-refractivity contribution in [3.05, 3.63) is 21.6 Å². The Balaban J connectivity index is 2.22. The number of carbonyl (C=O) groups excluding carboxylic acids is 1. The first-order valence-electron chi connectivity index (χ1n) is 6.50. The molecular formula is C14H15BrClNO4. The number of carboxylic acids is 1. The zero-order valence-electron chi connectivity index (χ0n) is 11.4. The first kappa shape index (κ1) is 16.1. The normalized spacial score (nSPS) is 21.1. The Labute approximate surface area is 135 Å². The second-order valence-electron chi connectivity index (χ2n) is 4.94. The van der Waals surface area contributed by atoms with Crippen molar-refractivity contribution in [2.45, 2.75) is 19.3 Å². The lowest BCUT2D eigenvalue weighted by Gasteiger charge is -2.17. The van der Waals surface area contributed by atoms with E-state index in [1.807, 2.05) is 0 Å². The maximum absolute atomic E-state index is 12.3. The second kappa shape index (κ2) is 6.66. The molecule has 0 heterocycles. The highest BCUT2D eigenvalue weighted by Gasteiger charge is 2.38. The molecule has 21 heavy (non-hydrogen) atoms. The molecule has 1 saturated carbocycles. The molecule has 0 spiro atoms. The molecule has 1 aliphatic carbocycles. The number of carboxylic acid groups (broad SMARTS) is 1. The van der Waals surface area contributed by atoms with Crippen LogP contribution in [0.1, 0.15) is 19.3 Å². The van der Waals surface area contributed by atoms with Crippen molar-refractivity contribution in [3.63, 3.8) is 0 Å². The van der Waals surface area contributed by atoms with Crippen LogP contribution in [0, 0.1) is 11.8 Å². The van der Waals surface area contributed by atoms with Crippen LogP contribution in [0.5, 0.6) is 5.75 Å². The smallest absolute Gasteiger partial charge is 0.307 e. The van der Waals surface area contributed by atoms with Crippen LogP contribution in [0.2, 0.25) is 5.02 Å². The van der Waals surface area contributed by atoms with Crippen molar-refractivity contribution in [2.75, 3.05) is 12.4 Å². The number of amides is 1. The molecular weight excluding hydrogens is 362 g/mol. The Morgan fingerprint density at radius 2 is 2.05 bits per heavy atom. The second-order valence-corrected chi connectivity index (χ2v) is 6.23. The van der Waals surface area contributed by atoms with E-state index in [2.05, 4.69) is 21.2 Å². The van der Waals surface area contributed by atoms with Crippen LogP contribution in [0.3, 0.4) is 0 Å². The highest BCUT2D eigenvalue weighted by molar-refractivity contribution is 9.10. The molecule has 1 aliphatic rings. The van der Waals surface area contributed by atoms with Crippen LogP contribution in [-0.4, -0.2) is 24.1 Å². The fourth-order valence-electron chi connectivity index (χ4n) is 2.66. The van der Waals surface area contributed by atoms with Crippen molar-refractivity contribution in [1.29, 1.82) is 0 Å². The molecule has 0 aliphatic heterocycles. The van der Waals surface area contributed by atoms with E-state index in [9.17, 15) is 9.59 Å². The molecule has 114 valence electrons. The number of ether oxygens (including phenoxy) is 1. The number of methoxy groups -OCH3 is 1. The van der Waals surface area contributed by atoms with Crippen molar-refractivity contribution < 1.29 is 19.4 Å². The number of benzene rings is 1. The Morgan fingerprint density at radius 3 is 2.67 bits per heavy atom. The average Bonchev–Trinajstić information content (AvgIpc) is 2.87. The molecule has 1 aromatic carbocycles. The minimum absolute atomic E-state index is 0.313. The van der Waals surface area contributed by atoms with Crippen LogP contribution < -0.4 is 10.1 Å². The van der Waals surface area contributed by atoms with Crippen LogP contribution in [0.15, 0.2) is 16.6 Å². The highest BCUT2D eigenvalue weighted by Crippen LogP contribution is 2.38. The standard InChI is InChI=1S/C14H15BrClNO4/c1-21-12-10(15)5-7(16)6-11(12)17-13(18)8-3-2-4-9(8)14(19)20/h5-6,8-9H,2-4H2,1H3,(H,17,18)(H,19,20). The number of hydrogen-bond acceptors (Lipinski definition) is 3. The Bertz CT molecular complexity index is 578. The number of anilines is 1. The van der Waals surface area contributed by atoms with Gasteiger partial charge in [0.15, 0.2) is 5.75 Å². The van der Waals surface area contributed by atoms with E-state index in [4.69, 9.17) is 21.4 Å². The average molecular weight is 377 g/mol. The summed E-state index contributed by atoms with van der Waals surface area (Å²) in [6, 6.07) is 3.24. The quantitative estimate of drug-likeness (QED) is 0.842. The van der Waals surface area contributed by atoms with E-state index in [1.54, 1.807) is 12.1 Å². The molecule has 0 saturated heterocycles. The molecule has 1 aromatic rings. The van der Waals surface area contributed by atoms with Gasteiger partial charge in [0.1, 0.15) is 0 Å². The van der Waals surface area contributed by atoms with Gasteiger partial charge in [-0.05, 0) is 40.9 Å². The molecule has 2 atom stereocenters. The van der Waals surface area contributed by atoms with Crippen LogP contribution in [-0.2, 0) is 9.59 Å². The number of rotatable bonds is 4. The zero-order chi connectivity index (χ0) is 15.6. The van der Waals surface area contributed by atoms with Crippen LogP contribution in [0.25, 0.3) is 0 Å². The van der Waals surface area contributed by atoms with Crippen molar-refractivity contribution in [1.82, 2.24) is 0 Å². The lowest BCUT2D eigenvalue weighted by molar-refractivity contribution is -0.145. The van der Waals surface area contributed by atoms with Crippen LogP contribution in [0.4, 0.5) is 5.69 Å². The van der Waals surface area contributed by atoms with E-state index < -0.39 is 17.8 Å². The maximum atomic E-state index is 12.3.